The predicted octanol–water partition coefficient (Wildman–Crippen LogP) is 2.17. The van der Waals surface area contributed by atoms with E-state index in [4.69, 9.17) is 5.73 Å². The highest BCUT2D eigenvalue weighted by Gasteiger charge is 2.30. The topological polar surface area (TPSA) is 38.9 Å². The third kappa shape index (κ3) is 3.29. The summed E-state index contributed by atoms with van der Waals surface area (Å²) in [5, 5.41) is 0. The fourth-order valence-corrected chi connectivity index (χ4v) is 0.974. The standard InChI is InChI=1S/C8H8F4N2/c9-7-2-1-5(4-14-7)6(13)3-8(10,11)12/h1-2,4,6H,3,13H2/t6-/m0/s1. The smallest absolute Gasteiger partial charge is 0.324 e. The lowest BCUT2D eigenvalue weighted by Gasteiger charge is -2.13. The van der Waals surface area contributed by atoms with Crippen LogP contribution in [0.5, 0.6) is 0 Å². The van der Waals surface area contributed by atoms with E-state index in [0.717, 1.165) is 12.3 Å². The third-order valence-electron chi connectivity index (χ3n) is 1.63. The van der Waals surface area contributed by atoms with Crippen LogP contribution in [-0.2, 0) is 0 Å². The summed E-state index contributed by atoms with van der Waals surface area (Å²) < 4.78 is 48.0. The molecule has 2 N–H and O–H groups in total. The molecule has 0 unspecified atom stereocenters. The number of hydrogen-bond donors (Lipinski definition) is 1. The lowest BCUT2D eigenvalue weighted by Crippen LogP contribution is -2.20. The Hall–Kier alpha value is -1.17. The molecule has 0 aliphatic heterocycles. The van der Waals surface area contributed by atoms with Gasteiger partial charge >= 0.3 is 6.18 Å². The minimum absolute atomic E-state index is 0.170. The maximum absolute atomic E-state index is 12.3. The van der Waals surface area contributed by atoms with E-state index in [1.807, 2.05) is 0 Å². The second-order valence-electron chi connectivity index (χ2n) is 2.84. The van der Waals surface area contributed by atoms with Crippen molar-refractivity contribution in [2.24, 2.45) is 5.73 Å². The van der Waals surface area contributed by atoms with Crippen molar-refractivity contribution in [3.8, 4) is 0 Å². The molecule has 1 atom stereocenters. The van der Waals surface area contributed by atoms with Gasteiger partial charge in [-0.2, -0.15) is 17.6 Å². The van der Waals surface area contributed by atoms with E-state index < -0.39 is 24.6 Å². The number of pyridine rings is 1. The largest absolute Gasteiger partial charge is 0.390 e. The van der Waals surface area contributed by atoms with Crippen LogP contribution in [0.2, 0.25) is 0 Å². The molecule has 6 heteroatoms. The summed E-state index contributed by atoms with van der Waals surface area (Å²) in [7, 11) is 0. The predicted molar refractivity (Wildman–Crippen MR) is 41.8 cm³/mol. The number of nitrogens with two attached hydrogens (primary N) is 1. The van der Waals surface area contributed by atoms with Gasteiger partial charge in [0.25, 0.3) is 0 Å². The Morgan fingerprint density at radius 2 is 2.00 bits per heavy atom. The van der Waals surface area contributed by atoms with Gasteiger partial charge in [0.15, 0.2) is 0 Å². The molecule has 0 saturated heterocycles. The van der Waals surface area contributed by atoms with Gasteiger partial charge in [0, 0.05) is 12.2 Å². The van der Waals surface area contributed by atoms with Crippen LogP contribution in [0.3, 0.4) is 0 Å². The Balaban J connectivity index is 2.70. The van der Waals surface area contributed by atoms with E-state index in [9.17, 15) is 17.6 Å². The third-order valence-corrected chi connectivity index (χ3v) is 1.63. The lowest BCUT2D eigenvalue weighted by molar-refractivity contribution is -0.138. The van der Waals surface area contributed by atoms with Crippen molar-refractivity contribution in [3.05, 3.63) is 29.8 Å². The van der Waals surface area contributed by atoms with Crippen LogP contribution in [0.1, 0.15) is 18.0 Å². The van der Waals surface area contributed by atoms with Gasteiger partial charge in [0.05, 0.1) is 6.42 Å². The molecular weight excluding hydrogens is 200 g/mol. The minimum atomic E-state index is -4.33. The van der Waals surface area contributed by atoms with Crippen molar-refractivity contribution >= 4 is 0 Å². The molecule has 0 aromatic carbocycles. The lowest BCUT2D eigenvalue weighted by atomic mass is 10.1. The molecular formula is C8H8F4N2. The minimum Gasteiger partial charge on any atom is -0.324 e. The second-order valence-corrected chi connectivity index (χ2v) is 2.84. The number of alkyl halides is 3. The number of hydrogen-bond acceptors (Lipinski definition) is 2. The fourth-order valence-electron chi connectivity index (χ4n) is 0.974. The molecule has 0 fully saturated rings. The molecule has 78 valence electrons. The van der Waals surface area contributed by atoms with Gasteiger partial charge in [0.1, 0.15) is 0 Å². The van der Waals surface area contributed by atoms with Gasteiger partial charge in [-0.05, 0) is 11.6 Å². The monoisotopic (exact) mass is 208 g/mol. The van der Waals surface area contributed by atoms with Crippen LogP contribution in [0.15, 0.2) is 18.3 Å². The quantitative estimate of drug-likeness (QED) is 0.597. The molecule has 1 aromatic rings. The van der Waals surface area contributed by atoms with E-state index in [2.05, 4.69) is 4.98 Å². The summed E-state index contributed by atoms with van der Waals surface area (Å²) in [6.45, 7) is 0. The highest BCUT2D eigenvalue weighted by molar-refractivity contribution is 5.13. The summed E-state index contributed by atoms with van der Waals surface area (Å²) in [4.78, 5) is 3.22. The molecule has 0 aliphatic carbocycles. The number of rotatable bonds is 2. The van der Waals surface area contributed by atoms with Gasteiger partial charge in [-0.25, -0.2) is 4.98 Å². The van der Waals surface area contributed by atoms with Gasteiger partial charge in [-0.3, -0.25) is 0 Å². The van der Waals surface area contributed by atoms with E-state index in [1.54, 1.807) is 0 Å². The van der Waals surface area contributed by atoms with E-state index in [0.29, 0.717) is 0 Å². The Kier molecular flexibility index (Phi) is 3.05. The van der Waals surface area contributed by atoms with Gasteiger partial charge in [0.2, 0.25) is 5.95 Å². The normalized spacial score (nSPS) is 14.1. The van der Waals surface area contributed by atoms with Crippen LogP contribution in [0.25, 0.3) is 0 Å². The Labute approximate surface area is 77.7 Å². The van der Waals surface area contributed by atoms with Crippen molar-refractivity contribution in [2.75, 3.05) is 0 Å². The van der Waals surface area contributed by atoms with Crippen molar-refractivity contribution in [1.29, 1.82) is 0 Å². The Bertz CT molecular complexity index is 293. The summed E-state index contributed by atoms with van der Waals surface area (Å²) in [5.74, 6) is -0.743. The van der Waals surface area contributed by atoms with Crippen LogP contribution >= 0.6 is 0 Å². The first-order valence-corrected chi connectivity index (χ1v) is 3.82. The first-order valence-electron chi connectivity index (χ1n) is 3.82. The van der Waals surface area contributed by atoms with Gasteiger partial charge < -0.3 is 5.73 Å². The van der Waals surface area contributed by atoms with Crippen molar-refractivity contribution in [2.45, 2.75) is 18.6 Å². The average molecular weight is 208 g/mol. The summed E-state index contributed by atoms with van der Waals surface area (Å²) >= 11 is 0. The van der Waals surface area contributed by atoms with Gasteiger partial charge in [-0.15, -0.1) is 0 Å². The van der Waals surface area contributed by atoms with Crippen LogP contribution < -0.4 is 5.73 Å². The number of aromatic nitrogens is 1. The molecule has 1 aromatic heterocycles. The van der Waals surface area contributed by atoms with Crippen molar-refractivity contribution in [3.63, 3.8) is 0 Å². The molecule has 0 radical (unpaired) electrons. The molecule has 1 rings (SSSR count). The molecule has 14 heavy (non-hydrogen) atoms. The van der Waals surface area contributed by atoms with E-state index >= 15 is 0 Å². The summed E-state index contributed by atoms with van der Waals surface area (Å²) in [6, 6.07) is 0.979. The fraction of sp³-hybridized carbons (Fsp3) is 0.375. The highest BCUT2D eigenvalue weighted by Crippen LogP contribution is 2.27. The molecule has 0 amide bonds. The molecule has 2 nitrogen and oxygen atoms in total. The SMILES string of the molecule is N[C@@H](CC(F)(F)F)c1ccc(F)nc1. The molecule has 0 saturated carbocycles. The summed E-state index contributed by atoms with van der Waals surface area (Å²) in [5.41, 5.74) is 5.42. The molecule has 0 spiro atoms. The Morgan fingerprint density at radius 1 is 1.36 bits per heavy atom. The zero-order valence-corrected chi connectivity index (χ0v) is 7.05. The number of nitrogens with zero attached hydrogens (tertiary/aromatic N) is 1. The van der Waals surface area contributed by atoms with E-state index in [-0.39, 0.29) is 5.56 Å². The first-order chi connectivity index (χ1) is 6.38. The Morgan fingerprint density at radius 3 is 2.43 bits per heavy atom. The maximum Gasteiger partial charge on any atom is 0.390 e. The second kappa shape index (κ2) is 3.91. The van der Waals surface area contributed by atoms with Gasteiger partial charge in [-0.1, -0.05) is 6.07 Å². The highest BCUT2D eigenvalue weighted by atomic mass is 19.4. The average Bonchev–Trinajstić information content (AvgIpc) is 2.02. The van der Waals surface area contributed by atoms with Crippen molar-refractivity contribution in [1.82, 2.24) is 4.98 Å². The number of halogens is 4. The van der Waals surface area contributed by atoms with Crippen molar-refractivity contribution < 1.29 is 17.6 Å². The molecule has 1 heterocycles. The summed E-state index contributed by atoms with van der Waals surface area (Å²) in [6.07, 6.45) is -4.46. The first kappa shape index (κ1) is 10.9. The zero-order chi connectivity index (χ0) is 10.8. The maximum atomic E-state index is 12.3. The van der Waals surface area contributed by atoms with Crippen LogP contribution in [-0.4, -0.2) is 11.2 Å². The van der Waals surface area contributed by atoms with Crippen LogP contribution in [0.4, 0.5) is 17.6 Å². The molecule has 0 aliphatic rings. The zero-order valence-electron chi connectivity index (χ0n) is 7.05. The van der Waals surface area contributed by atoms with E-state index in [1.165, 1.54) is 6.07 Å². The molecule has 0 bridgehead atoms. The van der Waals surface area contributed by atoms with Crippen LogP contribution in [0, 0.1) is 5.95 Å².